The molecular formula is C20H22N4O. The van der Waals surface area contributed by atoms with Gasteiger partial charge in [-0.2, -0.15) is 5.10 Å². The highest BCUT2D eigenvalue weighted by atomic mass is 16.2. The molecule has 25 heavy (non-hydrogen) atoms. The van der Waals surface area contributed by atoms with E-state index in [1.54, 1.807) is 0 Å². The van der Waals surface area contributed by atoms with Crippen molar-refractivity contribution in [2.45, 2.75) is 39.8 Å². The van der Waals surface area contributed by atoms with Crippen molar-refractivity contribution < 1.29 is 4.79 Å². The molecule has 4 rings (SSSR count). The Balaban J connectivity index is 1.81. The molecule has 5 nitrogen and oxygen atoms in total. The predicted octanol–water partition coefficient (Wildman–Crippen LogP) is 3.61. The number of rotatable bonds is 4. The normalized spacial score (nSPS) is 13.3. The van der Waals surface area contributed by atoms with Crippen LogP contribution in [0, 0.1) is 6.92 Å². The molecule has 0 fully saturated rings. The maximum absolute atomic E-state index is 12.3. The first-order chi connectivity index (χ1) is 12.2. The Morgan fingerprint density at radius 3 is 2.60 bits per heavy atom. The molecule has 0 unspecified atom stereocenters. The van der Waals surface area contributed by atoms with E-state index in [-0.39, 0.29) is 5.91 Å². The molecule has 3 aromatic rings. The van der Waals surface area contributed by atoms with Crippen molar-refractivity contribution in [3.05, 3.63) is 65.6 Å². The lowest BCUT2D eigenvalue weighted by Gasteiger charge is -2.17. The van der Waals surface area contributed by atoms with Gasteiger partial charge < -0.3 is 9.47 Å². The summed E-state index contributed by atoms with van der Waals surface area (Å²) in [5, 5.41) is 4.87. The molecule has 3 heterocycles. The Morgan fingerprint density at radius 1 is 1.12 bits per heavy atom. The molecule has 1 aliphatic rings. The van der Waals surface area contributed by atoms with Crippen LogP contribution in [0.15, 0.2) is 48.8 Å². The minimum Gasteiger partial charge on any atom is -0.332 e. The number of nitrogens with zero attached hydrogens (tertiary/aromatic N) is 4. The molecular weight excluding hydrogens is 312 g/mol. The van der Waals surface area contributed by atoms with E-state index in [1.165, 1.54) is 5.56 Å². The lowest BCUT2D eigenvalue weighted by molar-refractivity contribution is -0.131. The highest BCUT2D eigenvalue weighted by Gasteiger charge is 2.31. The zero-order valence-corrected chi connectivity index (χ0v) is 14.6. The number of fused-ring (bicyclic) bond motifs is 1. The van der Waals surface area contributed by atoms with E-state index in [4.69, 9.17) is 5.10 Å². The van der Waals surface area contributed by atoms with Gasteiger partial charge in [0.25, 0.3) is 0 Å². The van der Waals surface area contributed by atoms with Gasteiger partial charge >= 0.3 is 0 Å². The summed E-state index contributed by atoms with van der Waals surface area (Å²) in [4.78, 5) is 14.2. The number of amides is 1. The Morgan fingerprint density at radius 2 is 1.88 bits per heavy atom. The van der Waals surface area contributed by atoms with E-state index in [9.17, 15) is 4.79 Å². The molecule has 0 saturated carbocycles. The van der Waals surface area contributed by atoms with E-state index < -0.39 is 0 Å². The summed E-state index contributed by atoms with van der Waals surface area (Å²) in [7, 11) is 0. The lowest BCUT2D eigenvalue weighted by atomic mass is 10.2. The molecule has 0 aliphatic carbocycles. The van der Waals surface area contributed by atoms with Crippen molar-refractivity contribution in [2.75, 3.05) is 0 Å². The van der Waals surface area contributed by atoms with Crippen molar-refractivity contribution in [2.24, 2.45) is 0 Å². The fraction of sp³-hybridized carbons (Fsp3) is 0.300. The number of carbonyl (C=O) groups excluding carboxylic acids is 1. The van der Waals surface area contributed by atoms with Crippen LogP contribution < -0.4 is 0 Å². The topological polar surface area (TPSA) is 43.1 Å². The number of benzene rings is 1. The maximum atomic E-state index is 12.3. The minimum absolute atomic E-state index is 0.210. The van der Waals surface area contributed by atoms with Crippen LogP contribution in [-0.4, -0.2) is 25.2 Å². The summed E-state index contributed by atoms with van der Waals surface area (Å²) < 4.78 is 4.10. The number of carbonyl (C=O) groups is 1. The Bertz CT molecular complexity index is 908. The average Bonchev–Trinajstić information content (AvgIpc) is 3.30. The van der Waals surface area contributed by atoms with Gasteiger partial charge in [0.2, 0.25) is 5.91 Å². The summed E-state index contributed by atoms with van der Waals surface area (Å²) in [5.74, 6) is 1.24. The molecule has 0 saturated heterocycles. The van der Waals surface area contributed by atoms with Crippen molar-refractivity contribution in [1.29, 1.82) is 0 Å². The van der Waals surface area contributed by atoms with Crippen LogP contribution in [0.2, 0.25) is 0 Å². The van der Waals surface area contributed by atoms with Gasteiger partial charge in [0.05, 0.1) is 24.5 Å². The standard InChI is InChI=1S/C20H22N4O/c1-3-8-19(25)23-13-16-17(14-23)21-24(18-10-5-4-9-15(18)2)20(16)22-11-6-7-12-22/h4-7,9-12H,3,8,13-14H2,1-2H3. The quantitative estimate of drug-likeness (QED) is 0.731. The second-order valence-corrected chi connectivity index (χ2v) is 6.54. The van der Waals surface area contributed by atoms with Crippen LogP contribution in [0.3, 0.4) is 0 Å². The first kappa shape index (κ1) is 15.7. The van der Waals surface area contributed by atoms with E-state index in [0.29, 0.717) is 19.5 Å². The van der Waals surface area contributed by atoms with Gasteiger partial charge in [-0.25, -0.2) is 4.68 Å². The van der Waals surface area contributed by atoms with Crippen LogP contribution in [-0.2, 0) is 17.9 Å². The van der Waals surface area contributed by atoms with Crippen molar-refractivity contribution in [3.63, 3.8) is 0 Å². The zero-order valence-electron chi connectivity index (χ0n) is 14.6. The molecule has 0 atom stereocenters. The number of para-hydroxylation sites is 1. The molecule has 0 bridgehead atoms. The summed E-state index contributed by atoms with van der Waals surface area (Å²) in [6, 6.07) is 12.3. The number of aryl methyl sites for hydroxylation is 1. The third-order valence-electron chi connectivity index (χ3n) is 4.74. The summed E-state index contributed by atoms with van der Waals surface area (Å²) in [6.45, 7) is 5.37. The molecule has 2 aromatic heterocycles. The predicted molar refractivity (Wildman–Crippen MR) is 96.8 cm³/mol. The van der Waals surface area contributed by atoms with E-state index in [1.807, 2.05) is 53.2 Å². The molecule has 1 amide bonds. The second-order valence-electron chi connectivity index (χ2n) is 6.54. The molecule has 5 heteroatoms. The van der Waals surface area contributed by atoms with Crippen molar-refractivity contribution in [3.8, 4) is 11.5 Å². The molecule has 1 aromatic carbocycles. The van der Waals surface area contributed by atoms with Gasteiger partial charge in [-0.05, 0) is 37.1 Å². The van der Waals surface area contributed by atoms with Gasteiger partial charge in [0.15, 0.2) is 0 Å². The first-order valence-electron chi connectivity index (χ1n) is 8.77. The third kappa shape index (κ3) is 2.65. The summed E-state index contributed by atoms with van der Waals surface area (Å²) >= 11 is 0. The first-order valence-corrected chi connectivity index (χ1v) is 8.77. The van der Waals surface area contributed by atoms with E-state index in [0.717, 1.165) is 29.2 Å². The van der Waals surface area contributed by atoms with Crippen LogP contribution in [0.1, 0.15) is 36.6 Å². The highest BCUT2D eigenvalue weighted by molar-refractivity contribution is 5.77. The SMILES string of the molecule is CCCC(=O)N1Cc2nn(-c3ccccc3C)c(-n3cccc3)c2C1. The molecule has 1 aliphatic heterocycles. The average molecular weight is 334 g/mol. The minimum atomic E-state index is 0.210. The van der Waals surface area contributed by atoms with Gasteiger partial charge in [0.1, 0.15) is 5.82 Å². The van der Waals surface area contributed by atoms with Gasteiger partial charge in [-0.15, -0.1) is 0 Å². The number of hydrogen-bond donors (Lipinski definition) is 0. The Kier molecular flexibility index (Phi) is 3.92. The smallest absolute Gasteiger partial charge is 0.223 e. The van der Waals surface area contributed by atoms with E-state index >= 15 is 0 Å². The highest BCUT2D eigenvalue weighted by Crippen LogP contribution is 2.31. The lowest BCUT2D eigenvalue weighted by Crippen LogP contribution is -2.26. The van der Waals surface area contributed by atoms with E-state index in [2.05, 4.69) is 23.6 Å². The van der Waals surface area contributed by atoms with Gasteiger partial charge in [-0.3, -0.25) is 4.79 Å². The maximum Gasteiger partial charge on any atom is 0.223 e. The monoisotopic (exact) mass is 334 g/mol. The van der Waals surface area contributed by atoms with Crippen LogP contribution in [0.25, 0.3) is 11.5 Å². The number of hydrogen-bond acceptors (Lipinski definition) is 2. The zero-order chi connectivity index (χ0) is 17.4. The van der Waals surface area contributed by atoms with Crippen LogP contribution in [0.5, 0.6) is 0 Å². The van der Waals surface area contributed by atoms with Crippen LogP contribution >= 0.6 is 0 Å². The third-order valence-corrected chi connectivity index (χ3v) is 4.74. The number of aromatic nitrogens is 3. The van der Waals surface area contributed by atoms with Crippen molar-refractivity contribution in [1.82, 2.24) is 19.2 Å². The second kappa shape index (κ2) is 6.24. The molecule has 128 valence electrons. The fourth-order valence-corrected chi connectivity index (χ4v) is 3.46. The largest absolute Gasteiger partial charge is 0.332 e. The fourth-order valence-electron chi connectivity index (χ4n) is 3.46. The summed E-state index contributed by atoms with van der Waals surface area (Å²) in [6.07, 6.45) is 5.53. The molecule has 0 radical (unpaired) electrons. The van der Waals surface area contributed by atoms with Gasteiger partial charge in [-0.1, -0.05) is 25.1 Å². The summed E-state index contributed by atoms with van der Waals surface area (Å²) in [5.41, 5.74) is 4.39. The Labute approximate surface area is 147 Å². The molecule has 0 N–H and O–H groups in total. The Hall–Kier alpha value is -2.82. The van der Waals surface area contributed by atoms with Gasteiger partial charge in [0, 0.05) is 24.4 Å². The van der Waals surface area contributed by atoms with Crippen molar-refractivity contribution >= 4 is 5.91 Å². The van der Waals surface area contributed by atoms with Crippen LogP contribution in [0.4, 0.5) is 0 Å². The molecule has 0 spiro atoms.